The first-order chi connectivity index (χ1) is 9.47. The summed E-state index contributed by atoms with van der Waals surface area (Å²) < 4.78 is 10.7. The second kappa shape index (κ2) is 5.75. The molecule has 0 spiro atoms. The molecule has 0 radical (unpaired) electrons. The predicted octanol–water partition coefficient (Wildman–Crippen LogP) is 3.69. The van der Waals surface area contributed by atoms with Crippen molar-refractivity contribution in [2.24, 2.45) is 5.92 Å². The van der Waals surface area contributed by atoms with Crippen LogP contribution in [0.5, 0.6) is 11.5 Å². The monoisotopic (exact) mass is 294 g/mol. The molecule has 0 atom stereocenters. The van der Waals surface area contributed by atoms with Gasteiger partial charge in [0.05, 0.1) is 24.6 Å². The molecule has 108 valence electrons. The topological polar surface area (TPSA) is 57.4 Å². The standard InChI is InChI=1S/C15H19ClN2O2/c1-8(2)5-9-6-11(17)13-14(18-9)12(19-3)7-10(16)15(13)20-4/h6-8H,5H2,1-4H3,(H2,17,18). The van der Waals surface area contributed by atoms with Crippen LogP contribution in [-0.4, -0.2) is 19.2 Å². The van der Waals surface area contributed by atoms with Gasteiger partial charge >= 0.3 is 0 Å². The molecule has 0 saturated carbocycles. The third-order valence-corrected chi connectivity index (χ3v) is 3.36. The van der Waals surface area contributed by atoms with Gasteiger partial charge in [-0.05, 0) is 18.4 Å². The SMILES string of the molecule is COc1cc(Cl)c(OC)c2c(N)cc(CC(C)C)nc12. The van der Waals surface area contributed by atoms with Gasteiger partial charge in [-0.1, -0.05) is 25.4 Å². The van der Waals surface area contributed by atoms with Gasteiger partial charge in [-0.15, -0.1) is 0 Å². The van der Waals surface area contributed by atoms with Crippen LogP contribution in [0, 0.1) is 5.92 Å². The van der Waals surface area contributed by atoms with Crippen LogP contribution >= 0.6 is 11.6 Å². The van der Waals surface area contributed by atoms with Crippen LogP contribution in [0.15, 0.2) is 12.1 Å². The molecule has 0 aliphatic carbocycles. The number of methoxy groups -OCH3 is 2. The van der Waals surface area contributed by atoms with Crippen molar-refractivity contribution in [2.45, 2.75) is 20.3 Å². The minimum Gasteiger partial charge on any atom is -0.494 e. The number of ether oxygens (including phenoxy) is 2. The van der Waals surface area contributed by atoms with Crippen LogP contribution in [0.4, 0.5) is 5.69 Å². The zero-order chi connectivity index (χ0) is 14.9. The Morgan fingerprint density at radius 3 is 2.50 bits per heavy atom. The van der Waals surface area contributed by atoms with E-state index in [0.717, 1.165) is 12.1 Å². The molecular weight excluding hydrogens is 276 g/mol. The number of hydrogen-bond acceptors (Lipinski definition) is 4. The highest BCUT2D eigenvalue weighted by molar-refractivity contribution is 6.34. The number of rotatable bonds is 4. The average Bonchev–Trinajstić information content (AvgIpc) is 2.37. The molecular formula is C15H19ClN2O2. The van der Waals surface area contributed by atoms with E-state index in [0.29, 0.717) is 39.0 Å². The van der Waals surface area contributed by atoms with Gasteiger partial charge < -0.3 is 15.2 Å². The minimum absolute atomic E-state index is 0.460. The second-order valence-electron chi connectivity index (χ2n) is 5.12. The summed E-state index contributed by atoms with van der Waals surface area (Å²) >= 11 is 6.20. The van der Waals surface area contributed by atoms with Crippen molar-refractivity contribution in [3.8, 4) is 11.5 Å². The van der Waals surface area contributed by atoms with Gasteiger partial charge in [0.25, 0.3) is 0 Å². The lowest BCUT2D eigenvalue weighted by Gasteiger charge is -2.15. The number of fused-ring (bicyclic) bond motifs is 1. The molecule has 0 aliphatic rings. The van der Waals surface area contributed by atoms with E-state index in [1.165, 1.54) is 0 Å². The maximum atomic E-state index is 6.20. The molecule has 0 saturated heterocycles. The molecule has 2 rings (SSSR count). The van der Waals surface area contributed by atoms with Gasteiger partial charge in [0.15, 0.2) is 0 Å². The first-order valence-electron chi connectivity index (χ1n) is 6.47. The Labute approximate surface area is 123 Å². The van der Waals surface area contributed by atoms with E-state index in [1.807, 2.05) is 6.07 Å². The fraction of sp³-hybridized carbons (Fsp3) is 0.400. The summed E-state index contributed by atoms with van der Waals surface area (Å²) in [6.45, 7) is 4.28. The quantitative estimate of drug-likeness (QED) is 0.934. The van der Waals surface area contributed by atoms with E-state index < -0.39 is 0 Å². The molecule has 0 aliphatic heterocycles. The predicted molar refractivity (Wildman–Crippen MR) is 82.8 cm³/mol. The molecule has 0 amide bonds. The summed E-state index contributed by atoms with van der Waals surface area (Å²) in [5.74, 6) is 1.63. The van der Waals surface area contributed by atoms with Crippen LogP contribution < -0.4 is 15.2 Å². The Bertz CT molecular complexity index is 642. The van der Waals surface area contributed by atoms with E-state index in [2.05, 4.69) is 18.8 Å². The highest BCUT2D eigenvalue weighted by atomic mass is 35.5. The fourth-order valence-electron chi connectivity index (χ4n) is 2.28. The van der Waals surface area contributed by atoms with Crippen molar-refractivity contribution in [1.29, 1.82) is 0 Å². The summed E-state index contributed by atoms with van der Waals surface area (Å²) in [6, 6.07) is 3.58. The zero-order valence-corrected chi connectivity index (χ0v) is 12.9. The lowest BCUT2D eigenvalue weighted by molar-refractivity contribution is 0.410. The third kappa shape index (κ3) is 2.61. The smallest absolute Gasteiger partial charge is 0.149 e. The van der Waals surface area contributed by atoms with E-state index in [9.17, 15) is 0 Å². The second-order valence-corrected chi connectivity index (χ2v) is 5.53. The fourth-order valence-corrected chi connectivity index (χ4v) is 2.55. The Morgan fingerprint density at radius 2 is 1.95 bits per heavy atom. The van der Waals surface area contributed by atoms with Gasteiger partial charge in [-0.25, -0.2) is 4.98 Å². The number of anilines is 1. The van der Waals surface area contributed by atoms with Crippen molar-refractivity contribution in [2.75, 3.05) is 20.0 Å². The Kier molecular flexibility index (Phi) is 4.23. The van der Waals surface area contributed by atoms with Gasteiger partial charge in [-0.3, -0.25) is 0 Å². The highest BCUT2D eigenvalue weighted by Crippen LogP contribution is 2.41. The normalized spacial score (nSPS) is 11.1. The summed E-state index contributed by atoms with van der Waals surface area (Å²) in [5, 5.41) is 1.16. The average molecular weight is 295 g/mol. The molecule has 0 bridgehead atoms. The molecule has 0 fully saturated rings. The summed E-state index contributed by atoms with van der Waals surface area (Å²) in [5.41, 5.74) is 8.39. The van der Waals surface area contributed by atoms with Crippen LogP contribution in [0.2, 0.25) is 5.02 Å². The first-order valence-corrected chi connectivity index (χ1v) is 6.85. The first kappa shape index (κ1) is 14.7. The molecule has 1 heterocycles. The zero-order valence-electron chi connectivity index (χ0n) is 12.2. The van der Waals surface area contributed by atoms with Crippen LogP contribution in [0.3, 0.4) is 0 Å². The van der Waals surface area contributed by atoms with Crippen molar-refractivity contribution in [1.82, 2.24) is 4.98 Å². The van der Waals surface area contributed by atoms with Gasteiger partial charge in [0.1, 0.15) is 17.0 Å². The maximum Gasteiger partial charge on any atom is 0.149 e. The number of aromatic nitrogens is 1. The van der Waals surface area contributed by atoms with Gasteiger partial charge in [-0.2, -0.15) is 0 Å². The van der Waals surface area contributed by atoms with Crippen LogP contribution in [-0.2, 0) is 6.42 Å². The molecule has 20 heavy (non-hydrogen) atoms. The molecule has 1 aromatic carbocycles. The lowest BCUT2D eigenvalue weighted by Crippen LogP contribution is -2.02. The number of nitrogen functional groups attached to an aromatic ring is 1. The van der Waals surface area contributed by atoms with Crippen molar-refractivity contribution >= 4 is 28.2 Å². The van der Waals surface area contributed by atoms with E-state index >= 15 is 0 Å². The highest BCUT2D eigenvalue weighted by Gasteiger charge is 2.17. The summed E-state index contributed by atoms with van der Waals surface area (Å²) in [4.78, 5) is 4.65. The molecule has 2 N–H and O–H groups in total. The van der Waals surface area contributed by atoms with Crippen molar-refractivity contribution in [3.05, 3.63) is 22.8 Å². The van der Waals surface area contributed by atoms with Gasteiger partial charge in [0.2, 0.25) is 0 Å². The number of nitrogens with zero attached hydrogens (tertiary/aromatic N) is 1. The Hall–Kier alpha value is -1.68. The van der Waals surface area contributed by atoms with Crippen LogP contribution in [0.1, 0.15) is 19.5 Å². The number of halogens is 1. The lowest BCUT2D eigenvalue weighted by atomic mass is 10.0. The number of nitrogens with two attached hydrogens (primary N) is 1. The molecule has 5 heteroatoms. The van der Waals surface area contributed by atoms with E-state index in [1.54, 1.807) is 20.3 Å². The van der Waals surface area contributed by atoms with E-state index in [-0.39, 0.29) is 0 Å². The summed E-state index contributed by atoms with van der Waals surface area (Å²) in [7, 11) is 3.15. The molecule has 2 aromatic rings. The molecule has 4 nitrogen and oxygen atoms in total. The Morgan fingerprint density at radius 1 is 1.25 bits per heavy atom. The third-order valence-electron chi connectivity index (χ3n) is 3.08. The summed E-state index contributed by atoms with van der Waals surface area (Å²) in [6.07, 6.45) is 0.855. The molecule has 1 aromatic heterocycles. The number of hydrogen-bond donors (Lipinski definition) is 1. The maximum absolute atomic E-state index is 6.20. The van der Waals surface area contributed by atoms with E-state index in [4.69, 9.17) is 26.8 Å². The Balaban J connectivity index is 2.78. The number of benzene rings is 1. The van der Waals surface area contributed by atoms with Crippen LogP contribution in [0.25, 0.3) is 10.9 Å². The van der Waals surface area contributed by atoms with Gasteiger partial charge in [0, 0.05) is 17.4 Å². The van der Waals surface area contributed by atoms with Crippen molar-refractivity contribution in [3.63, 3.8) is 0 Å². The largest absolute Gasteiger partial charge is 0.494 e. The molecule has 0 unspecified atom stereocenters. The number of pyridine rings is 1. The van der Waals surface area contributed by atoms with Crippen molar-refractivity contribution < 1.29 is 9.47 Å². The minimum atomic E-state index is 0.460.